The largest absolute Gasteiger partial charge is 0.378 e. The molecule has 0 saturated carbocycles. The van der Waals surface area contributed by atoms with Crippen molar-refractivity contribution in [3.63, 3.8) is 0 Å². The molecule has 0 aliphatic rings. The van der Waals surface area contributed by atoms with Crippen LogP contribution in [0.3, 0.4) is 0 Å². The van der Waals surface area contributed by atoms with Gasteiger partial charge < -0.3 is 4.74 Å². The summed E-state index contributed by atoms with van der Waals surface area (Å²) in [6.45, 7) is 5.24. The van der Waals surface area contributed by atoms with E-state index in [4.69, 9.17) is 9.88 Å². The molecule has 3 N–H and O–H groups in total. The molecular formula is C12H20N2O5S2. The molecule has 21 heavy (non-hydrogen) atoms. The predicted octanol–water partition coefficient (Wildman–Crippen LogP) is 0.809. The molecule has 0 amide bonds. The van der Waals surface area contributed by atoms with Crippen LogP contribution in [0.15, 0.2) is 23.1 Å². The SMILES string of the molecule is Cc1ccc(NS(=O)(=O)CCOC(C)C)cc1S(N)(=O)=O. The van der Waals surface area contributed by atoms with E-state index in [1.54, 1.807) is 20.8 Å². The summed E-state index contributed by atoms with van der Waals surface area (Å²) < 4.78 is 54.0. The Hall–Kier alpha value is -1.16. The first-order chi connectivity index (χ1) is 9.51. The Bertz CT molecular complexity index is 696. The van der Waals surface area contributed by atoms with Gasteiger partial charge in [0.05, 0.1) is 23.4 Å². The normalized spacial score (nSPS) is 12.6. The van der Waals surface area contributed by atoms with Crippen LogP contribution >= 0.6 is 0 Å². The zero-order chi connectivity index (χ0) is 16.3. The second-order valence-corrected chi connectivity index (χ2v) is 8.24. The maximum atomic E-state index is 11.9. The Labute approximate surface area is 125 Å². The van der Waals surface area contributed by atoms with Gasteiger partial charge in [-0.05, 0) is 38.5 Å². The Morgan fingerprint density at radius 1 is 1.24 bits per heavy atom. The molecule has 0 saturated heterocycles. The topological polar surface area (TPSA) is 116 Å². The van der Waals surface area contributed by atoms with Crippen molar-refractivity contribution < 1.29 is 21.6 Å². The number of sulfonamides is 2. The highest BCUT2D eigenvalue weighted by Crippen LogP contribution is 2.19. The number of nitrogens with one attached hydrogen (secondary N) is 1. The number of ether oxygens (including phenoxy) is 1. The molecule has 0 spiro atoms. The predicted molar refractivity (Wildman–Crippen MR) is 81.0 cm³/mol. The van der Waals surface area contributed by atoms with E-state index in [0.29, 0.717) is 5.56 Å². The van der Waals surface area contributed by atoms with Crippen LogP contribution in [0.1, 0.15) is 19.4 Å². The highest BCUT2D eigenvalue weighted by molar-refractivity contribution is 7.92. The van der Waals surface area contributed by atoms with E-state index in [1.165, 1.54) is 18.2 Å². The van der Waals surface area contributed by atoms with Crippen molar-refractivity contribution in [1.82, 2.24) is 0 Å². The highest BCUT2D eigenvalue weighted by Gasteiger charge is 2.15. The van der Waals surface area contributed by atoms with Gasteiger partial charge in [0.2, 0.25) is 20.0 Å². The number of rotatable bonds is 7. The summed E-state index contributed by atoms with van der Waals surface area (Å²) in [5.74, 6) is -0.218. The molecule has 0 bridgehead atoms. The molecule has 0 heterocycles. The fourth-order valence-corrected chi connectivity index (χ4v) is 3.31. The van der Waals surface area contributed by atoms with Crippen molar-refractivity contribution >= 4 is 25.7 Å². The third-order valence-electron chi connectivity index (χ3n) is 2.57. The van der Waals surface area contributed by atoms with Gasteiger partial charge >= 0.3 is 0 Å². The average molecular weight is 336 g/mol. The van der Waals surface area contributed by atoms with Gasteiger partial charge in [0.25, 0.3) is 0 Å². The Balaban J connectivity index is 2.88. The molecule has 0 aliphatic heterocycles. The molecule has 1 aromatic rings. The Morgan fingerprint density at radius 3 is 2.38 bits per heavy atom. The fourth-order valence-electron chi connectivity index (χ4n) is 1.59. The Morgan fingerprint density at radius 2 is 1.86 bits per heavy atom. The second-order valence-electron chi connectivity index (χ2n) is 4.87. The summed E-state index contributed by atoms with van der Waals surface area (Å²) in [6, 6.07) is 4.17. The van der Waals surface area contributed by atoms with Crippen LogP contribution in [0.4, 0.5) is 5.69 Å². The lowest BCUT2D eigenvalue weighted by molar-refractivity contribution is 0.0913. The Kier molecular flexibility index (Phi) is 5.74. The quantitative estimate of drug-likeness (QED) is 0.764. The maximum absolute atomic E-state index is 11.9. The molecule has 0 atom stereocenters. The second kappa shape index (κ2) is 6.73. The van der Waals surface area contributed by atoms with Crippen LogP contribution in [0.25, 0.3) is 0 Å². The van der Waals surface area contributed by atoms with Crippen LogP contribution < -0.4 is 9.86 Å². The minimum absolute atomic E-state index is 0.0565. The molecule has 7 nitrogen and oxygen atoms in total. The molecule has 0 aliphatic carbocycles. The van der Waals surface area contributed by atoms with E-state index in [1.807, 2.05) is 0 Å². The standard InChI is InChI=1S/C12H20N2O5S2/c1-9(2)19-6-7-20(15,16)14-11-5-4-10(3)12(8-11)21(13,17)18/h4-5,8-9,14H,6-7H2,1-3H3,(H2,13,17,18). The molecule has 0 fully saturated rings. The lowest BCUT2D eigenvalue weighted by Crippen LogP contribution is -2.22. The van der Waals surface area contributed by atoms with Crippen LogP contribution in [0.5, 0.6) is 0 Å². The summed E-state index contributed by atoms with van der Waals surface area (Å²) in [6.07, 6.45) is -0.0615. The van der Waals surface area contributed by atoms with E-state index in [0.717, 1.165) is 0 Å². The number of primary sulfonamides is 1. The summed E-state index contributed by atoms with van der Waals surface area (Å²) >= 11 is 0. The van der Waals surface area contributed by atoms with Crippen LogP contribution in [-0.4, -0.2) is 35.3 Å². The number of benzene rings is 1. The summed E-state index contributed by atoms with van der Waals surface area (Å²) in [7, 11) is -7.52. The smallest absolute Gasteiger partial charge is 0.238 e. The number of hydrogen-bond acceptors (Lipinski definition) is 5. The van der Waals surface area contributed by atoms with Gasteiger partial charge in [0.1, 0.15) is 0 Å². The van der Waals surface area contributed by atoms with Crippen molar-refractivity contribution in [2.45, 2.75) is 31.8 Å². The molecule has 120 valence electrons. The van der Waals surface area contributed by atoms with Gasteiger partial charge in [-0.3, -0.25) is 4.72 Å². The van der Waals surface area contributed by atoms with E-state index >= 15 is 0 Å². The maximum Gasteiger partial charge on any atom is 0.238 e. The first kappa shape index (κ1) is 17.9. The minimum atomic E-state index is -3.90. The first-order valence-electron chi connectivity index (χ1n) is 6.27. The zero-order valence-electron chi connectivity index (χ0n) is 12.2. The van der Waals surface area contributed by atoms with Gasteiger partial charge in [-0.25, -0.2) is 22.0 Å². The average Bonchev–Trinajstić information content (AvgIpc) is 2.29. The van der Waals surface area contributed by atoms with Gasteiger partial charge in [0, 0.05) is 5.69 Å². The van der Waals surface area contributed by atoms with Crippen LogP contribution in [0.2, 0.25) is 0 Å². The summed E-state index contributed by atoms with van der Waals surface area (Å²) in [4.78, 5) is -0.110. The number of anilines is 1. The minimum Gasteiger partial charge on any atom is -0.378 e. The van der Waals surface area contributed by atoms with E-state index < -0.39 is 20.0 Å². The van der Waals surface area contributed by atoms with Crippen molar-refractivity contribution in [3.8, 4) is 0 Å². The molecule has 1 aromatic carbocycles. The van der Waals surface area contributed by atoms with E-state index in [9.17, 15) is 16.8 Å². The molecule has 0 unspecified atom stereocenters. The van der Waals surface area contributed by atoms with Crippen molar-refractivity contribution in [1.29, 1.82) is 0 Å². The lowest BCUT2D eigenvalue weighted by atomic mass is 10.2. The third kappa shape index (κ3) is 6.00. The third-order valence-corrected chi connectivity index (χ3v) is 4.87. The molecule has 0 radical (unpaired) electrons. The first-order valence-corrected chi connectivity index (χ1v) is 9.46. The van der Waals surface area contributed by atoms with Gasteiger partial charge in [0.15, 0.2) is 0 Å². The van der Waals surface area contributed by atoms with Crippen molar-refractivity contribution in [2.24, 2.45) is 5.14 Å². The summed E-state index contributed by atoms with van der Waals surface area (Å²) in [5.41, 5.74) is 0.595. The van der Waals surface area contributed by atoms with Crippen LogP contribution in [-0.2, 0) is 24.8 Å². The van der Waals surface area contributed by atoms with E-state index in [-0.39, 0.29) is 29.0 Å². The summed E-state index contributed by atoms with van der Waals surface area (Å²) in [5, 5.41) is 5.08. The monoisotopic (exact) mass is 336 g/mol. The lowest BCUT2D eigenvalue weighted by Gasteiger charge is -2.11. The molecule has 0 aromatic heterocycles. The van der Waals surface area contributed by atoms with Crippen molar-refractivity contribution in [2.75, 3.05) is 17.1 Å². The number of nitrogens with two attached hydrogens (primary N) is 1. The van der Waals surface area contributed by atoms with Gasteiger partial charge in [-0.2, -0.15) is 0 Å². The highest BCUT2D eigenvalue weighted by atomic mass is 32.2. The fraction of sp³-hybridized carbons (Fsp3) is 0.500. The zero-order valence-corrected chi connectivity index (χ0v) is 13.8. The van der Waals surface area contributed by atoms with Crippen molar-refractivity contribution in [3.05, 3.63) is 23.8 Å². The molecule has 1 rings (SSSR count). The van der Waals surface area contributed by atoms with E-state index in [2.05, 4.69) is 4.72 Å². The molecule has 9 heteroatoms. The number of aryl methyl sites for hydroxylation is 1. The molecular weight excluding hydrogens is 316 g/mol. The van der Waals surface area contributed by atoms with Gasteiger partial charge in [-0.15, -0.1) is 0 Å². The number of hydrogen-bond donors (Lipinski definition) is 2. The van der Waals surface area contributed by atoms with Crippen LogP contribution in [0, 0.1) is 6.92 Å². The van der Waals surface area contributed by atoms with Gasteiger partial charge in [-0.1, -0.05) is 6.07 Å².